The molecule has 0 saturated heterocycles. The number of aliphatic hydroxyl groups excluding tert-OH is 3. The lowest BCUT2D eigenvalue weighted by Gasteiger charge is -2.46. The second-order valence-corrected chi connectivity index (χ2v) is 8.72. The number of Topliss-reactive ketones (excluding diaryl/α,β-unsaturated/α-hetero) is 2. The smallest absolute Gasteiger partial charge is 0.255 e. The molecule has 1 aromatic carbocycles. The SMILES string of the molecule is CN(C)c1cc(CO)c(O)c2c1CC1CC3CC(=O)C(C(N)=O)=C(O)C3(O)C(=O)C1=C2O. The highest BCUT2D eigenvalue weighted by atomic mass is 16.3. The third-order valence-electron chi connectivity index (χ3n) is 6.77. The molecule has 3 aliphatic carbocycles. The van der Waals surface area contributed by atoms with E-state index in [-0.39, 0.29) is 36.0 Å². The Morgan fingerprint density at radius 3 is 2.44 bits per heavy atom. The maximum atomic E-state index is 13.4. The Balaban J connectivity index is 1.97. The maximum Gasteiger partial charge on any atom is 0.255 e. The first kappa shape index (κ1) is 21.8. The van der Waals surface area contributed by atoms with Gasteiger partial charge < -0.3 is 36.2 Å². The number of hydrogen-bond donors (Lipinski definition) is 6. The summed E-state index contributed by atoms with van der Waals surface area (Å²) in [6.07, 6.45) is -0.0866. The molecular formula is C22H24N2O8. The molecule has 10 nitrogen and oxygen atoms in total. The molecule has 4 rings (SSSR count). The predicted molar refractivity (Wildman–Crippen MR) is 112 cm³/mol. The van der Waals surface area contributed by atoms with Crippen molar-refractivity contribution in [3.8, 4) is 5.75 Å². The van der Waals surface area contributed by atoms with Crippen LogP contribution in [0.5, 0.6) is 5.75 Å². The molecule has 0 aromatic heterocycles. The molecule has 10 heteroatoms. The summed E-state index contributed by atoms with van der Waals surface area (Å²) >= 11 is 0. The minimum absolute atomic E-state index is 0.0348. The fourth-order valence-electron chi connectivity index (χ4n) is 5.24. The van der Waals surface area contributed by atoms with Crippen molar-refractivity contribution in [2.75, 3.05) is 19.0 Å². The van der Waals surface area contributed by atoms with Gasteiger partial charge >= 0.3 is 0 Å². The number of benzene rings is 1. The topological polar surface area (TPSA) is 182 Å². The summed E-state index contributed by atoms with van der Waals surface area (Å²) in [6.45, 7) is -0.514. The van der Waals surface area contributed by atoms with Crippen LogP contribution < -0.4 is 10.6 Å². The molecule has 3 unspecified atom stereocenters. The number of hydrogen-bond acceptors (Lipinski definition) is 9. The highest BCUT2D eigenvalue weighted by Gasteiger charge is 2.60. The lowest BCUT2D eigenvalue weighted by molar-refractivity contribution is -0.147. The number of nitrogens with zero attached hydrogens (tertiary/aromatic N) is 1. The van der Waals surface area contributed by atoms with Gasteiger partial charge in [0, 0.05) is 43.3 Å². The first-order valence-electron chi connectivity index (χ1n) is 10.1. The summed E-state index contributed by atoms with van der Waals surface area (Å²) in [5.74, 6) is -6.76. The molecule has 32 heavy (non-hydrogen) atoms. The largest absolute Gasteiger partial charge is 0.508 e. The molecule has 1 fully saturated rings. The summed E-state index contributed by atoms with van der Waals surface area (Å²) in [4.78, 5) is 39.2. The number of carbonyl (C=O) groups is 3. The van der Waals surface area contributed by atoms with E-state index < -0.39 is 64.4 Å². The Hall–Kier alpha value is -3.37. The predicted octanol–water partition coefficient (Wildman–Crippen LogP) is -0.0178. The Morgan fingerprint density at radius 1 is 1.22 bits per heavy atom. The van der Waals surface area contributed by atoms with Crippen molar-refractivity contribution in [2.24, 2.45) is 17.6 Å². The van der Waals surface area contributed by atoms with E-state index >= 15 is 0 Å². The number of anilines is 1. The molecule has 1 saturated carbocycles. The van der Waals surface area contributed by atoms with Crippen molar-refractivity contribution in [2.45, 2.75) is 31.5 Å². The number of nitrogens with two attached hydrogens (primary N) is 1. The van der Waals surface area contributed by atoms with Crippen LogP contribution in [0, 0.1) is 11.8 Å². The molecular weight excluding hydrogens is 420 g/mol. The molecule has 3 aliphatic rings. The van der Waals surface area contributed by atoms with Gasteiger partial charge in [-0.25, -0.2) is 0 Å². The van der Waals surface area contributed by atoms with Crippen LogP contribution in [-0.4, -0.2) is 62.7 Å². The highest BCUT2D eigenvalue weighted by Crippen LogP contribution is 2.53. The average molecular weight is 444 g/mol. The molecule has 3 atom stereocenters. The van der Waals surface area contributed by atoms with E-state index in [1.54, 1.807) is 25.1 Å². The van der Waals surface area contributed by atoms with Crippen LogP contribution in [0.3, 0.4) is 0 Å². The number of aliphatic hydroxyl groups is 4. The Bertz CT molecular complexity index is 1150. The van der Waals surface area contributed by atoms with Crippen LogP contribution in [-0.2, 0) is 27.4 Å². The van der Waals surface area contributed by atoms with Crippen molar-refractivity contribution in [1.82, 2.24) is 0 Å². The number of ketones is 2. The van der Waals surface area contributed by atoms with Gasteiger partial charge in [0.15, 0.2) is 11.4 Å². The number of amides is 1. The molecule has 0 heterocycles. The van der Waals surface area contributed by atoms with Crippen molar-refractivity contribution in [3.63, 3.8) is 0 Å². The normalized spacial score (nSPS) is 27.1. The monoisotopic (exact) mass is 444 g/mol. The standard InChI is InChI=1S/C22H24N2O8/c1-24(2)12-5-9(7-25)17(27)15-11(12)4-8-3-10-6-13(26)16(21(23)31)20(30)22(10,32)19(29)14(8)18(15)28/h5,8,10,25,27-28,30,32H,3-4,6-7H2,1-2H3,(H2,23,31). The molecule has 170 valence electrons. The van der Waals surface area contributed by atoms with Gasteiger partial charge in [-0.3, -0.25) is 14.4 Å². The lowest BCUT2D eigenvalue weighted by Crippen LogP contribution is -2.58. The van der Waals surface area contributed by atoms with Crippen LogP contribution in [0.4, 0.5) is 5.69 Å². The summed E-state index contributed by atoms with van der Waals surface area (Å²) in [7, 11) is 3.51. The molecule has 0 aliphatic heterocycles. The third-order valence-corrected chi connectivity index (χ3v) is 6.77. The van der Waals surface area contributed by atoms with Gasteiger partial charge in [0.2, 0.25) is 5.78 Å². The molecule has 0 spiro atoms. The number of phenols is 1. The zero-order valence-electron chi connectivity index (χ0n) is 17.5. The van der Waals surface area contributed by atoms with Crippen LogP contribution >= 0.6 is 0 Å². The number of fused-ring (bicyclic) bond motifs is 3. The quantitative estimate of drug-likeness (QED) is 0.349. The van der Waals surface area contributed by atoms with Gasteiger partial charge in [-0.05, 0) is 30.4 Å². The number of rotatable bonds is 3. The van der Waals surface area contributed by atoms with E-state index in [1.165, 1.54) is 0 Å². The Morgan fingerprint density at radius 2 is 1.88 bits per heavy atom. The van der Waals surface area contributed by atoms with E-state index in [0.717, 1.165) is 0 Å². The Kier molecular flexibility index (Phi) is 4.83. The van der Waals surface area contributed by atoms with Crippen LogP contribution in [0.25, 0.3) is 5.76 Å². The van der Waals surface area contributed by atoms with E-state index in [2.05, 4.69) is 0 Å². The van der Waals surface area contributed by atoms with Crippen molar-refractivity contribution < 1.29 is 39.9 Å². The summed E-state index contributed by atoms with van der Waals surface area (Å²) in [5.41, 5.74) is 2.82. The molecule has 0 bridgehead atoms. The highest BCUT2D eigenvalue weighted by molar-refractivity contribution is 6.22. The summed E-state index contributed by atoms with van der Waals surface area (Å²) in [6, 6.07) is 1.59. The van der Waals surface area contributed by atoms with Crippen molar-refractivity contribution in [3.05, 3.63) is 39.7 Å². The first-order chi connectivity index (χ1) is 14.9. The van der Waals surface area contributed by atoms with Crippen molar-refractivity contribution >= 4 is 28.9 Å². The number of carbonyl (C=O) groups excluding carboxylic acids is 3. The van der Waals surface area contributed by atoms with Gasteiger partial charge in [-0.15, -0.1) is 0 Å². The summed E-state index contributed by atoms with van der Waals surface area (Å²) < 4.78 is 0. The first-order valence-corrected chi connectivity index (χ1v) is 10.1. The van der Waals surface area contributed by atoms with Gasteiger partial charge in [-0.1, -0.05) is 0 Å². The molecule has 1 aromatic rings. The average Bonchev–Trinajstić information content (AvgIpc) is 2.70. The summed E-state index contributed by atoms with van der Waals surface area (Å²) in [5, 5.41) is 53.2. The van der Waals surface area contributed by atoms with Crippen LogP contribution in [0.2, 0.25) is 0 Å². The number of aromatic hydroxyl groups is 1. The van der Waals surface area contributed by atoms with E-state index in [4.69, 9.17) is 5.73 Å². The fraction of sp³-hybridized carbons (Fsp3) is 0.409. The molecule has 1 amide bonds. The van der Waals surface area contributed by atoms with Crippen LogP contribution in [0.15, 0.2) is 23.0 Å². The number of primary amides is 1. The minimum atomic E-state index is -2.59. The second kappa shape index (κ2) is 7.07. The van der Waals surface area contributed by atoms with E-state index in [9.17, 15) is 39.9 Å². The zero-order chi connectivity index (χ0) is 23.7. The lowest BCUT2D eigenvalue weighted by atomic mass is 9.59. The minimum Gasteiger partial charge on any atom is -0.508 e. The van der Waals surface area contributed by atoms with Gasteiger partial charge in [0.05, 0.1) is 12.2 Å². The third kappa shape index (κ3) is 2.69. The zero-order valence-corrected chi connectivity index (χ0v) is 17.5. The van der Waals surface area contributed by atoms with Gasteiger partial charge in [-0.2, -0.15) is 0 Å². The molecule has 0 radical (unpaired) electrons. The van der Waals surface area contributed by atoms with Crippen molar-refractivity contribution in [1.29, 1.82) is 0 Å². The maximum absolute atomic E-state index is 13.4. The Labute approximate surface area is 182 Å². The van der Waals surface area contributed by atoms with Gasteiger partial charge in [0.25, 0.3) is 5.91 Å². The fourth-order valence-corrected chi connectivity index (χ4v) is 5.24. The van der Waals surface area contributed by atoms with E-state index in [1.807, 2.05) is 0 Å². The van der Waals surface area contributed by atoms with Gasteiger partial charge in [0.1, 0.15) is 22.8 Å². The van der Waals surface area contributed by atoms with E-state index in [0.29, 0.717) is 11.3 Å². The molecule has 7 N–H and O–H groups in total. The van der Waals surface area contributed by atoms with Crippen LogP contribution in [0.1, 0.15) is 29.5 Å². The second-order valence-electron chi connectivity index (χ2n) is 8.72.